The summed E-state index contributed by atoms with van der Waals surface area (Å²) in [6.07, 6.45) is 5.74. The molecule has 1 unspecified atom stereocenters. The fraction of sp³-hybridized carbons (Fsp3) is 0.478. The number of thiophene rings is 1. The Kier molecular flexibility index (Phi) is 6.01. The molecule has 0 amide bonds. The van der Waals surface area contributed by atoms with Crippen molar-refractivity contribution < 1.29 is 4.74 Å². The second-order valence-electron chi connectivity index (χ2n) is 8.27. The molecule has 1 atom stereocenters. The fourth-order valence-corrected chi connectivity index (χ4v) is 5.37. The third-order valence-electron chi connectivity index (χ3n) is 5.60. The first-order valence-corrected chi connectivity index (χ1v) is 11.2. The van der Waals surface area contributed by atoms with Gasteiger partial charge in [-0.25, -0.2) is 4.98 Å². The third-order valence-corrected chi connectivity index (χ3v) is 6.77. The van der Waals surface area contributed by atoms with Gasteiger partial charge in [0.2, 0.25) is 0 Å². The summed E-state index contributed by atoms with van der Waals surface area (Å²) in [5, 5.41) is 4.57. The summed E-state index contributed by atoms with van der Waals surface area (Å²) in [5.41, 5.74) is 2.69. The SMILES string of the molecule is COc1ccc(CCNC2CCc3c(sc4ncn(CC(C)C)c(=O)c34)C2)cc1. The lowest BCUT2D eigenvalue weighted by molar-refractivity contribution is 0.414. The van der Waals surface area contributed by atoms with Crippen molar-refractivity contribution in [2.24, 2.45) is 5.92 Å². The Hall–Kier alpha value is -2.18. The molecular weight excluding hydrogens is 382 g/mol. The smallest absolute Gasteiger partial charge is 0.262 e. The Morgan fingerprint density at radius 3 is 2.83 bits per heavy atom. The minimum absolute atomic E-state index is 0.132. The molecule has 0 saturated heterocycles. The molecule has 1 aliphatic rings. The molecule has 154 valence electrons. The maximum Gasteiger partial charge on any atom is 0.262 e. The summed E-state index contributed by atoms with van der Waals surface area (Å²) < 4.78 is 7.00. The summed E-state index contributed by atoms with van der Waals surface area (Å²) in [6.45, 7) is 5.93. The van der Waals surface area contributed by atoms with Gasteiger partial charge in [0, 0.05) is 17.5 Å². The molecule has 2 heterocycles. The largest absolute Gasteiger partial charge is 0.497 e. The summed E-state index contributed by atoms with van der Waals surface area (Å²) in [5.74, 6) is 1.33. The highest BCUT2D eigenvalue weighted by atomic mass is 32.1. The van der Waals surface area contributed by atoms with Crippen LogP contribution in [0.3, 0.4) is 0 Å². The van der Waals surface area contributed by atoms with Crippen LogP contribution in [0.15, 0.2) is 35.4 Å². The molecule has 0 aliphatic heterocycles. The van der Waals surface area contributed by atoms with Crippen molar-refractivity contribution in [2.75, 3.05) is 13.7 Å². The van der Waals surface area contributed by atoms with Gasteiger partial charge in [0.25, 0.3) is 5.56 Å². The quantitative estimate of drug-likeness (QED) is 0.642. The van der Waals surface area contributed by atoms with Crippen molar-refractivity contribution in [1.82, 2.24) is 14.9 Å². The number of nitrogens with one attached hydrogen (secondary N) is 1. The molecule has 1 N–H and O–H groups in total. The van der Waals surface area contributed by atoms with Crippen molar-refractivity contribution in [3.05, 3.63) is 57.0 Å². The van der Waals surface area contributed by atoms with E-state index < -0.39 is 0 Å². The van der Waals surface area contributed by atoms with Crippen LogP contribution in [0.1, 0.15) is 36.3 Å². The number of hydrogen-bond acceptors (Lipinski definition) is 5. The molecule has 0 fully saturated rings. The number of ether oxygens (including phenoxy) is 1. The summed E-state index contributed by atoms with van der Waals surface area (Å²) in [6, 6.07) is 8.74. The van der Waals surface area contributed by atoms with Crippen molar-refractivity contribution in [1.29, 1.82) is 0 Å². The van der Waals surface area contributed by atoms with Gasteiger partial charge < -0.3 is 10.1 Å². The normalized spacial score (nSPS) is 16.3. The second-order valence-corrected chi connectivity index (χ2v) is 9.36. The first-order valence-electron chi connectivity index (χ1n) is 10.4. The molecule has 6 heteroatoms. The number of hydrogen-bond donors (Lipinski definition) is 1. The molecule has 29 heavy (non-hydrogen) atoms. The van der Waals surface area contributed by atoms with E-state index >= 15 is 0 Å². The zero-order chi connectivity index (χ0) is 20.4. The molecule has 2 aromatic heterocycles. The average Bonchev–Trinajstić information content (AvgIpc) is 3.09. The molecular formula is C23H29N3O2S. The van der Waals surface area contributed by atoms with E-state index in [0.717, 1.165) is 54.7 Å². The van der Waals surface area contributed by atoms with Gasteiger partial charge in [0.05, 0.1) is 18.8 Å². The van der Waals surface area contributed by atoms with Gasteiger partial charge in [0.1, 0.15) is 10.6 Å². The zero-order valence-corrected chi connectivity index (χ0v) is 18.2. The average molecular weight is 412 g/mol. The van der Waals surface area contributed by atoms with Crippen LogP contribution in [0, 0.1) is 5.92 Å². The Bertz CT molecular complexity index is 1040. The van der Waals surface area contributed by atoms with Gasteiger partial charge in [-0.1, -0.05) is 26.0 Å². The lowest BCUT2D eigenvalue weighted by Gasteiger charge is -2.23. The molecule has 5 nitrogen and oxygen atoms in total. The van der Waals surface area contributed by atoms with Crippen LogP contribution in [0.4, 0.5) is 0 Å². The van der Waals surface area contributed by atoms with E-state index in [2.05, 4.69) is 36.3 Å². The van der Waals surface area contributed by atoms with Crippen LogP contribution in [-0.4, -0.2) is 29.2 Å². The minimum atomic E-state index is 0.132. The monoisotopic (exact) mass is 411 g/mol. The van der Waals surface area contributed by atoms with E-state index in [1.807, 2.05) is 12.1 Å². The predicted octanol–water partition coefficient (Wildman–Crippen LogP) is 3.81. The van der Waals surface area contributed by atoms with Crippen molar-refractivity contribution in [3.63, 3.8) is 0 Å². The third kappa shape index (κ3) is 4.38. The van der Waals surface area contributed by atoms with Crippen LogP contribution >= 0.6 is 11.3 Å². The van der Waals surface area contributed by atoms with E-state index in [9.17, 15) is 4.79 Å². The van der Waals surface area contributed by atoms with Crippen molar-refractivity contribution in [2.45, 2.75) is 52.1 Å². The van der Waals surface area contributed by atoms with E-state index in [0.29, 0.717) is 12.0 Å². The van der Waals surface area contributed by atoms with Crippen LogP contribution in [0.2, 0.25) is 0 Å². The van der Waals surface area contributed by atoms with E-state index in [4.69, 9.17) is 4.74 Å². The van der Waals surface area contributed by atoms with E-state index in [1.165, 1.54) is 16.0 Å². The highest BCUT2D eigenvalue weighted by Crippen LogP contribution is 2.33. The fourth-order valence-electron chi connectivity index (χ4n) is 4.11. The minimum Gasteiger partial charge on any atom is -0.497 e. The lowest BCUT2D eigenvalue weighted by atomic mass is 9.93. The molecule has 1 aromatic carbocycles. The summed E-state index contributed by atoms with van der Waals surface area (Å²) in [7, 11) is 1.69. The number of methoxy groups -OCH3 is 1. The van der Waals surface area contributed by atoms with Crippen LogP contribution in [0.25, 0.3) is 10.2 Å². The highest BCUT2D eigenvalue weighted by molar-refractivity contribution is 7.18. The first kappa shape index (κ1) is 20.1. The molecule has 4 rings (SSSR count). The summed E-state index contributed by atoms with van der Waals surface area (Å²) >= 11 is 1.70. The van der Waals surface area contributed by atoms with Gasteiger partial charge >= 0.3 is 0 Å². The van der Waals surface area contributed by atoms with Gasteiger partial charge in [-0.05, 0) is 61.4 Å². The number of fused-ring (bicyclic) bond motifs is 3. The highest BCUT2D eigenvalue weighted by Gasteiger charge is 2.25. The molecule has 3 aromatic rings. The maximum atomic E-state index is 13.0. The van der Waals surface area contributed by atoms with Gasteiger partial charge in [0.15, 0.2) is 0 Å². The maximum absolute atomic E-state index is 13.0. The molecule has 0 radical (unpaired) electrons. The van der Waals surface area contributed by atoms with Crippen LogP contribution < -0.4 is 15.6 Å². The number of rotatable bonds is 7. The number of benzene rings is 1. The van der Waals surface area contributed by atoms with Gasteiger partial charge in [-0.2, -0.15) is 0 Å². The number of nitrogens with zero attached hydrogens (tertiary/aromatic N) is 2. The standard InChI is InChI=1S/C23H29N3O2S/c1-15(2)13-26-14-25-22-21(23(26)27)19-9-6-17(12-20(19)29-22)24-11-10-16-4-7-18(28-3)8-5-16/h4-5,7-8,14-15,17,24H,6,9-13H2,1-3H3. The summed E-state index contributed by atoms with van der Waals surface area (Å²) in [4.78, 5) is 19.8. The van der Waals surface area contributed by atoms with Crippen molar-refractivity contribution >= 4 is 21.6 Å². The Morgan fingerprint density at radius 2 is 2.10 bits per heavy atom. The lowest BCUT2D eigenvalue weighted by Crippen LogP contribution is -2.35. The molecule has 0 spiro atoms. The van der Waals surface area contributed by atoms with E-state index in [-0.39, 0.29) is 5.56 Å². The van der Waals surface area contributed by atoms with Crippen molar-refractivity contribution in [3.8, 4) is 5.75 Å². The predicted molar refractivity (Wildman–Crippen MR) is 119 cm³/mol. The molecule has 0 bridgehead atoms. The Balaban J connectivity index is 1.42. The second kappa shape index (κ2) is 8.67. The number of aryl methyl sites for hydroxylation is 1. The topological polar surface area (TPSA) is 56.1 Å². The molecule has 1 aliphatic carbocycles. The van der Waals surface area contributed by atoms with Crippen LogP contribution in [-0.2, 0) is 25.8 Å². The molecule has 0 saturated carbocycles. The van der Waals surface area contributed by atoms with E-state index in [1.54, 1.807) is 29.3 Å². The zero-order valence-electron chi connectivity index (χ0n) is 17.4. The van der Waals surface area contributed by atoms with Gasteiger partial charge in [-0.3, -0.25) is 9.36 Å². The van der Waals surface area contributed by atoms with Crippen LogP contribution in [0.5, 0.6) is 5.75 Å². The first-order chi connectivity index (χ1) is 14.0. The Morgan fingerprint density at radius 1 is 1.31 bits per heavy atom. The van der Waals surface area contributed by atoms with Gasteiger partial charge in [-0.15, -0.1) is 11.3 Å². The Labute approximate surface area is 175 Å². The number of aromatic nitrogens is 2.